The van der Waals surface area contributed by atoms with Gasteiger partial charge in [0.15, 0.2) is 0 Å². The Morgan fingerprint density at radius 1 is 1.06 bits per heavy atom. The van der Waals surface area contributed by atoms with E-state index in [1.165, 1.54) is 32.1 Å². The van der Waals surface area contributed by atoms with Crippen LogP contribution in [0.25, 0.3) is 11.1 Å². The van der Waals surface area contributed by atoms with Gasteiger partial charge in [0.25, 0.3) is 0 Å². The lowest BCUT2D eigenvalue weighted by atomic mass is 9.35. The van der Waals surface area contributed by atoms with Gasteiger partial charge >= 0.3 is 0 Å². The number of hydrogen-bond donors (Lipinski definition) is 4. The number of nitrogens with zero attached hydrogens (tertiary/aromatic N) is 2. The molecule has 7 nitrogen and oxygen atoms in total. The van der Waals surface area contributed by atoms with Crippen molar-refractivity contribution in [1.82, 2.24) is 9.97 Å². The monoisotopic (exact) mass is 450 g/mol. The van der Waals surface area contributed by atoms with Crippen LogP contribution in [0.3, 0.4) is 0 Å². The number of aromatic amines is 1. The second-order valence-electron chi connectivity index (χ2n) is 10.7. The number of nitrogen functional groups attached to an aromatic ring is 1. The highest BCUT2D eigenvalue weighted by atomic mass is 16.1. The summed E-state index contributed by atoms with van der Waals surface area (Å²) >= 11 is 0. The number of nitrogens with two attached hydrogens (primary N) is 1. The van der Waals surface area contributed by atoms with Crippen LogP contribution in [0.2, 0.25) is 0 Å². The van der Waals surface area contributed by atoms with E-state index in [2.05, 4.69) is 21.7 Å². The molecule has 3 aromatic rings. The zero-order valence-electron chi connectivity index (χ0n) is 18.8. The van der Waals surface area contributed by atoms with Crippen molar-refractivity contribution < 1.29 is 0 Å². The molecule has 1 spiro atoms. The standard InChI is InChI=1S/C27H26N6O/c28-14-21-22(29)10-23(31-20-3-1-16(2-4-20)17-5-6-30-24(34)8-17)32-25(21)33-26-11-15-7-18-9-19(13-26)27(18,26)12-15/h1-6,8,10,15,18-19H,7,9,11-13H2,(H,30,34)(H4,29,31,32,33). The van der Waals surface area contributed by atoms with E-state index in [9.17, 15) is 10.1 Å². The van der Waals surface area contributed by atoms with E-state index in [-0.39, 0.29) is 11.1 Å². The van der Waals surface area contributed by atoms with Gasteiger partial charge in [0, 0.05) is 29.6 Å². The fourth-order valence-electron chi connectivity index (χ4n) is 7.98. The summed E-state index contributed by atoms with van der Waals surface area (Å²) in [6.45, 7) is 0. The smallest absolute Gasteiger partial charge is 0.248 e. The number of benzene rings is 1. The van der Waals surface area contributed by atoms with Crippen LogP contribution in [0.1, 0.15) is 37.7 Å². The number of nitriles is 1. The fraction of sp³-hybridized carbons (Fsp3) is 0.370. The van der Waals surface area contributed by atoms with Crippen molar-refractivity contribution in [2.24, 2.45) is 23.2 Å². The third-order valence-electron chi connectivity index (χ3n) is 9.18. The third kappa shape index (κ3) is 2.51. The summed E-state index contributed by atoms with van der Waals surface area (Å²) in [6.07, 6.45) is 8.13. The Bertz CT molecular complexity index is 1420. The highest BCUT2D eigenvalue weighted by Crippen LogP contribution is 2.83. The van der Waals surface area contributed by atoms with E-state index in [1.54, 1.807) is 18.3 Å². The van der Waals surface area contributed by atoms with Crippen LogP contribution >= 0.6 is 0 Å². The van der Waals surface area contributed by atoms with Crippen molar-refractivity contribution >= 4 is 23.0 Å². The van der Waals surface area contributed by atoms with Crippen molar-refractivity contribution in [1.29, 1.82) is 5.26 Å². The summed E-state index contributed by atoms with van der Waals surface area (Å²) in [7, 11) is 0. The van der Waals surface area contributed by atoms with Gasteiger partial charge in [0.05, 0.1) is 5.69 Å². The van der Waals surface area contributed by atoms with E-state index in [1.807, 2.05) is 30.3 Å². The molecule has 170 valence electrons. The lowest BCUT2D eigenvalue weighted by Gasteiger charge is -2.73. The molecule has 7 rings (SSSR count). The lowest BCUT2D eigenvalue weighted by molar-refractivity contribution is -0.181. The maximum atomic E-state index is 11.6. The van der Waals surface area contributed by atoms with Gasteiger partial charge in [-0.2, -0.15) is 5.26 Å². The summed E-state index contributed by atoms with van der Waals surface area (Å²) in [5.74, 6) is 3.73. The number of H-pyrrole nitrogens is 1. The summed E-state index contributed by atoms with van der Waals surface area (Å²) in [5.41, 5.74) is 10.2. The van der Waals surface area contributed by atoms with Crippen LogP contribution in [-0.2, 0) is 0 Å². The summed E-state index contributed by atoms with van der Waals surface area (Å²) < 4.78 is 0. The normalized spacial score (nSPS) is 31.7. The number of anilines is 4. The summed E-state index contributed by atoms with van der Waals surface area (Å²) in [5, 5.41) is 16.9. The van der Waals surface area contributed by atoms with Crippen molar-refractivity contribution in [3.05, 3.63) is 64.6 Å². The number of hydrogen-bond acceptors (Lipinski definition) is 6. The average molecular weight is 451 g/mol. The van der Waals surface area contributed by atoms with Crippen LogP contribution in [0.4, 0.5) is 23.0 Å². The van der Waals surface area contributed by atoms with E-state index < -0.39 is 0 Å². The lowest BCUT2D eigenvalue weighted by Crippen LogP contribution is -2.73. The Morgan fingerprint density at radius 2 is 1.91 bits per heavy atom. The number of pyridine rings is 2. The first kappa shape index (κ1) is 19.7. The van der Waals surface area contributed by atoms with E-state index >= 15 is 0 Å². The molecule has 2 heterocycles. The fourth-order valence-corrected chi connectivity index (χ4v) is 7.98. The Balaban J connectivity index is 1.17. The number of nitrogens with one attached hydrogen (secondary N) is 3. The van der Waals surface area contributed by atoms with Crippen LogP contribution in [-0.4, -0.2) is 15.5 Å². The molecule has 5 unspecified atom stereocenters. The third-order valence-corrected chi connectivity index (χ3v) is 9.18. The maximum Gasteiger partial charge on any atom is 0.248 e. The van der Waals surface area contributed by atoms with Crippen LogP contribution in [0.15, 0.2) is 53.5 Å². The van der Waals surface area contributed by atoms with Crippen LogP contribution in [0.5, 0.6) is 0 Å². The molecular weight excluding hydrogens is 424 g/mol. The molecule has 0 saturated heterocycles. The molecular formula is C27H26N6O. The van der Waals surface area contributed by atoms with Crippen molar-refractivity contribution in [2.45, 2.75) is 37.6 Å². The quantitative estimate of drug-likeness (QED) is 0.450. The minimum Gasteiger partial charge on any atom is -0.397 e. The van der Waals surface area contributed by atoms with Crippen LogP contribution in [0, 0.1) is 34.5 Å². The second-order valence-corrected chi connectivity index (χ2v) is 10.7. The maximum absolute atomic E-state index is 11.6. The molecule has 34 heavy (non-hydrogen) atoms. The molecule has 4 aliphatic carbocycles. The summed E-state index contributed by atoms with van der Waals surface area (Å²) in [6, 6.07) is 15.3. The number of fused-ring (bicyclic) bond motifs is 1. The minimum absolute atomic E-state index is 0.0857. The second kappa shape index (κ2) is 6.63. The van der Waals surface area contributed by atoms with Crippen molar-refractivity contribution in [3.63, 3.8) is 0 Å². The highest BCUT2D eigenvalue weighted by molar-refractivity contribution is 5.74. The van der Waals surface area contributed by atoms with Gasteiger partial charge in [-0.05, 0) is 84.6 Å². The van der Waals surface area contributed by atoms with Crippen molar-refractivity contribution in [3.8, 4) is 17.2 Å². The minimum atomic E-state index is -0.127. The van der Waals surface area contributed by atoms with E-state index in [0.717, 1.165) is 34.6 Å². The van der Waals surface area contributed by atoms with E-state index in [0.29, 0.717) is 28.3 Å². The highest BCUT2D eigenvalue weighted by Gasteiger charge is 2.80. The Labute approximate surface area is 197 Å². The first-order chi connectivity index (χ1) is 16.5. The Kier molecular flexibility index (Phi) is 3.83. The number of rotatable bonds is 5. The SMILES string of the molecule is N#Cc1c(N)cc(Nc2ccc(-c3cc[nH]c(=O)c3)cc2)nc1NC12CC3CC4CC(C1)C42C3. The molecule has 0 aliphatic heterocycles. The van der Waals surface area contributed by atoms with Gasteiger partial charge in [0.1, 0.15) is 23.3 Å². The molecule has 2 aromatic heterocycles. The van der Waals surface area contributed by atoms with Crippen molar-refractivity contribution in [2.75, 3.05) is 16.4 Å². The Morgan fingerprint density at radius 3 is 2.65 bits per heavy atom. The van der Waals surface area contributed by atoms with Crippen LogP contribution < -0.4 is 21.9 Å². The molecule has 4 aliphatic rings. The van der Waals surface area contributed by atoms with Gasteiger partial charge in [-0.15, -0.1) is 0 Å². The predicted molar refractivity (Wildman–Crippen MR) is 131 cm³/mol. The molecule has 4 saturated carbocycles. The van der Waals surface area contributed by atoms with Gasteiger partial charge in [-0.25, -0.2) is 4.98 Å². The van der Waals surface area contributed by atoms with E-state index in [4.69, 9.17) is 10.7 Å². The first-order valence-electron chi connectivity index (χ1n) is 12.0. The molecule has 5 N–H and O–H groups in total. The van der Waals surface area contributed by atoms with Gasteiger partial charge in [0.2, 0.25) is 5.56 Å². The van der Waals surface area contributed by atoms with Gasteiger partial charge in [-0.1, -0.05) is 12.1 Å². The molecule has 1 aromatic carbocycles. The van der Waals surface area contributed by atoms with Gasteiger partial charge < -0.3 is 21.4 Å². The zero-order valence-corrected chi connectivity index (χ0v) is 18.8. The number of aromatic nitrogens is 2. The predicted octanol–water partition coefficient (Wildman–Crippen LogP) is 4.62. The zero-order chi connectivity index (χ0) is 23.1. The topological polar surface area (TPSA) is 120 Å². The summed E-state index contributed by atoms with van der Waals surface area (Å²) in [4.78, 5) is 19.1. The molecule has 2 bridgehead atoms. The molecule has 0 amide bonds. The molecule has 4 fully saturated rings. The molecule has 7 heteroatoms. The largest absolute Gasteiger partial charge is 0.397 e. The first-order valence-corrected chi connectivity index (χ1v) is 12.0. The molecule has 5 atom stereocenters. The molecule has 0 radical (unpaired) electrons. The average Bonchev–Trinajstić information content (AvgIpc) is 3.29. The Hall–Kier alpha value is -3.79. The van der Waals surface area contributed by atoms with Gasteiger partial charge in [-0.3, -0.25) is 4.79 Å².